The predicted molar refractivity (Wildman–Crippen MR) is 69.1 cm³/mol. The van der Waals surface area contributed by atoms with Gasteiger partial charge >= 0.3 is 0 Å². The first kappa shape index (κ1) is 12.7. The first-order valence-corrected chi connectivity index (χ1v) is 6.96. The van der Waals surface area contributed by atoms with Crippen molar-refractivity contribution in [2.75, 3.05) is 19.7 Å². The summed E-state index contributed by atoms with van der Waals surface area (Å²) in [5, 5.41) is 11.4. The average Bonchev–Trinajstić information content (AvgIpc) is 2.89. The molecule has 1 aromatic heterocycles. The van der Waals surface area contributed by atoms with Crippen molar-refractivity contribution in [1.29, 1.82) is 0 Å². The van der Waals surface area contributed by atoms with E-state index in [2.05, 4.69) is 15.6 Å². The Morgan fingerprint density at radius 2 is 2.32 bits per heavy atom. The fraction of sp³-hybridized carbons (Fsp3) is 0.769. The summed E-state index contributed by atoms with van der Waals surface area (Å²) in [4.78, 5) is 11.3. The molecule has 1 atom stereocenters. The van der Waals surface area contributed by atoms with Gasteiger partial charge in [0.05, 0.1) is 17.8 Å². The number of hydrogen-bond acceptors (Lipinski definition) is 5. The second kappa shape index (κ2) is 5.02. The molecule has 19 heavy (non-hydrogen) atoms. The molecule has 0 saturated carbocycles. The number of carbonyl (C=O) groups is 1. The van der Waals surface area contributed by atoms with Crippen molar-refractivity contribution in [1.82, 2.24) is 20.3 Å². The Balaban J connectivity index is 1.75. The molecule has 2 aliphatic rings. The summed E-state index contributed by atoms with van der Waals surface area (Å²) < 4.78 is 7.89. The highest BCUT2D eigenvalue weighted by molar-refractivity contribution is 5.91. The highest BCUT2D eigenvalue weighted by atomic mass is 16.5. The minimum Gasteiger partial charge on any atom is -0.375 e. The summed E-state index contributed by atoms with van der Waals surface area (Å²) in [5.74, 6) is -0.0325. The molecule has 0 aliphatic carbocycles. The van der Waals surface area contributed by atoms with Crippen LogP contribution in [0.4, 0.5) is 0 Å². The van der Waals surface area contributed by atoms with Crippen LogP contribution in [0, 0.1) is 0 Å². The third kappa shape index (κ3) is 2.55. The molecular weight excluding hydrogens is 244 g/mol. The normalized spacial score (nSPS) is 26.5. The smallest absolute Gasteiger partial charge is 0.181 e. The van der Waals surface area contributed by atoms with E-state index < -0.39 is 0 Å². The standard InChI is InChI=1S/C13H20N4O2/c1-10(18)12-9-17(16-15-12)11-2-7-19-13(8-11)3-5-14-6-4-13/h9,11,14H,2-8H2,1H3. The van der Waals surface area contributed by atoms with Crippen molar-refractivity contribution in [2.45, 2.75) is 44.2 Å². The summed E-state index contributed by atoms with van der Waals surface area (Å²) in [6.07, 6.45) is 5.79. The number of ether oxygens (including phenoxy) is 1. The zero-order valence-corrected chi connectivity index (χ0v) is 11.3. The third-order valence-electron chi connectivity index (χ3n) is 4.23. The maximum atomic E-state index is 11.3. The van der Waals surface area contributed by atoms with Gasteiger partial charge in [0, 0.05) is 13.5 Å². The van der Waals surface area contributed by atoms with Gasteiger partial charge in [-0.2, -0.15) is 0 Å². The monoisotopic (exact) mass is 264 g/mol. The topological polar surface area (TPSA) is 69.0 Å². The van der Waals surface area contributed by atoms with Crippen molar-refractivity contribution in [2.24, 2.45) is 0 Å². The lowest BCUT2D eigenvalue weighted by atomic mass is 9.83. The minimum atomic E-state index is -0.0325. The highest BCUT2D eigenvalue weighted by Crippen LogP contribution is 2.37. The van der Waals surface area contributed by atoms with E-state index in [1.54, 1.807) is 6.20 Å². The fourth-order valence-electron chi connectivity index (χ4n) is 3.08. The number of ketones is 1. The Labute approximate surface area is 112 Å². The lowest BCUT2D eigenvalue weighted by Gasteiger charge is -2.43. The van der Waals surface area contributed by atoms with E-state index in [1.807, 2.05) is 4.68 Å². The van der Waals surface area contributed by atoms with Gasteiger partial charge in [0.1, 0.15) is 5.69 Å². The van der Waals surface area contributed by atoms with Crippen LogP contribution in [0.3, 0.4) is 0 Å². The predicted octanol–water partition coefficient (Wildman–Crippen LogP) is 0.954. The van der Waals surface area contributed by atoms with E-state index in [4.69, 9.17) is 4.74 Å². The SMILES string of the molecule is CC(=O)c1cn(C2CCOC3(CCNCC3)C2)nn1. The number of carbonyl (C=O) groups excluding carboxylic acids is 1. The summed E-state index contributed by atoms with van der Waals surface area (Å²) in [6, 6.07) is 0.299. The summed E-state index contributed by atoms with van der Waals surface area (Å²) >= 11 is 0. The lowest BCUT2D eigenvalue weighted by molar-refractivity contribution is -0.112. The zero-order valence-electron chi connectivity index (χ0n) is 11.3. The number of rotatable bonds is 2. The number of hydrogen-bond donors (Lipinski definition) is 1. The van der Waals surface area contributed by atoms with Gasteiger partial charge in [-0.05, 0) is 38.8 Å². The number of nitrogens with zero attached hydrogens (tertiary/aromatic N) is 3. The Morgan fingerprint density at radius 1 is 1.53 bits per heavy atom. The molecular formula is C13H20N4O2. The molecule has 104 valence electrons. The molecule has 6 heteroatoms. The van der Waals surface area contributed by atoms with Crippen LogP contribution in [0.5, 0.6) is 0 Å². The molecule has 1 aromatic rings. The number of Topliss-reactive ketones (excluding diaryl/α,β-unsaturated/α-hetero) is 1. The molecule has 1 unspecified atom stereocenters. The van der Waals surface area contributed by atoms with Crippen molar-refractivity contribution < 1.29 is 9.53 Å². The van der Waals surface area contributed by atoms with Crippen molar-refractivity contribution in [3.05, 3.63) is 11.9 Å². The largest absolute Gasteiger partial charge is 0.375 e. The first-order valence-electron chi connectivity index (χ1n) is 6.96. The average molecular weight is 264 g/mol. The highest BCUT2D eigenvalue weighted by Gasteiger charge is 2.39. The van der Waals surface area contributed by atoms with E-state index in [9.17, 15) is 4.79 Å². The van der Waals surface area contributed by atoms with Crippen molar-refractivity contribution in [3.63, 3.8) is 0 Å². The van der Waals surface area contributed by atoms with Crippen LogP contribution in [0.1, 0.15) is 49.1 Å². The van der Waals surface area contributed by atoms with Crippen LogP contribution >= 0.6 is 0 Å². The van der Waals surface area contributed by atoms with Crippen LogP contribution in [0.2, 0.25) is 0 Å². The van der Waals surface area contributed by atoms with Crippen LogP contribution in [0.25, 0.3) is 0 Å². The van der Waals surface area contributed by atoms with Gasteiger partial charge in [-0.3, -0.25) is 4.79 Å². The molecule has 6 nitrogen and oxygen atoms in total. The van der Waals surface area contributed by atoms with E-state index in [1.165, 1.54) is 6.92 Å². The Morgan fingerprint density at radius 3 is 3.00 bits per heavy atom. The Kier molecular flexibility index (Phi) is 3.36. The Hall–Kier alpha value is -1.27. The molecule has 1 spiro atoms. The van der Waals surface area contributed by atoms with Gasteiger partial charge in [0.2, 0.25) is 0 Å². The van der Waals surface area contributed by atoms with Crippen molar-refractivity contribution >= 4 is 5.78 Å². The van der Waals surface area contributed by atoms with Crippen LogP contribution in [-0.4, -0.2) is 46.1 Å². The summed E-state index contributed by atoms with van der Waals surface area (Å²) in [5.41, 5.74) is 0.446. The van der Waals surface area contributed by atoms with Crippen LogP contribution in [-0.2, 0) is 4.74 Å². The maximum Gasteiger partial charge on any atom is 0.181 e. The molecule has 0 radical (unpaired) electrons. The summed E-state index contributed by atoms with van der Waals surface area (Å²) in [7, 11) is 0. The van der Waals surface area contributed by atoms with Gasteiger partial charge in [-0.15, -0.1) is 5.10 Å². The number of nitrogens with one attached hydrogen (secondary N) is 1. The lowest BCUT2D eigenvalue weighted by Crippen LogP contribution is -2.48. The first-order chi connectivity index (χ1) is 9.19. The molecule has 1 N–H and O–H groups in total. The quantitative estimate of drug-likeness (QED) is 0.806. The molecule has 0 amide bonds. The number of piperidine rings is 1. The van der Waals surface area contributed by atoms with Crippen LogP contribution < -0.4 is 5.32 Å². The maximum absolute atomic E-state index is 11.3. The fourth-order valence-corrected chi connectivity index (χ4v) is 3.08. The molecule has 2 saturated heterocycles. The van der Waals surface area contributed by atoms with E-state index in [-0.39, 0.29) is 11.4 Å². The molecule has 3 heterocycles. The van der Waals surface area contributed by atoms with E-state index in [0.29, 0.717) is 11.7 Å². The van der Waals surface area contributed by atoms with Gasteiger partial charge in [-0.25, -0.2) is 4.68 Å². The minimum absolute atomic E-state index is 0.00347. The molecule has 0 aromatic carbocycles. The number of aromatic nitrogens is 3. The van der Waals surface area contributed by atoms with Gasteiger partial charge in [-0.1, -0.05) is 5.21 Å². The molecule has 2 fully saturated rings. The second-order valence-electron chi connectivity index (χ2n) is 5.57. The Bertz CT molecular complexity index is 459. The van der Waals surface area contributed by atoms with Gasteiger partial charge in [0.25, 0.3) is 0 Å². The van der Waals surface area contributed by atoms with Gasteiger partial charge in [0.15, 0.2) is 5.78 Å². The molecule has 2 aliphatic heterocycles. The zero-order chi connectivity index (χ0) is 13.3. The van der Waals surface area contributed by atoms with Crippen LogP contribution in [0.15, 0.2) is 6.20 Å². The third-order valence-corrected chi connectivity index (χ3v) is 4.23. The van der Waals surface area contributed by atoms with E-state index >= 15 is 0 Å². The van der Waals surface area contributed by atoms with Crippen molar-refractivity contribution in [3.8, 4) is 0 Å². The van der Waals surface area contributed by atoms with Gasteiger partial charge < -0.3 is 10.1 Å². The van der Waals surface area contributed by atoms with E-state index in [0.717, 1.165) is 45.4 Å². The molecule has 3 rings (SSSR count). The summed E-state index contributed by atoms with van der Waals surface area (Å²) in [6.45, 7) is 4.32. The molecule has 0 bridgehead atoms. The second-order valence-corrected chi connectivity index (χ2v) is 5.57.